The largest absolute Gasteiger partial charge is 0.496 e. The Morgan fingerprint density at radius 3 is 2.46 bits per heavy atom. The monoisotopic (exact) mass is 513 g/mol. The van der Waals surface area contributed by atoms with Crippen molar-refractivity contribution in [2.45, 2.75) is 12.6 Å². The molecule has 0 spiro atoms. The molecular formula is C33H27N3O3. The second-order valence-electron chi connectivity index (χ2n) is 9.44. The fourth-order valence-corrected chi connectivity index (χ4v) is 5.12. The molecule has 39 heavy (non-hydrogen) atoms. The Morgan fingerprint density at radius 2 is 1.62 bits per heavy atom. The third kappa shape index (κ3) is 4.68. The molecular weight excluding hydrogens is 486 g/mol. The van der Waals surface area contributed by atoms with Crippen LogP contribution in [0.3, 0.4) is 0 Å². The average Bonchev–Trinajstić information content (AvgIpc) is 3.38. The minimum atomic E-state index is -0.587. The highest BCUT2D eigenvalue weighted by molar-refractivity contribution is 6.09. The third-order valence-corrected chi connectivity index (χ3v) is 7.06. The summed E-state index contributed by atoms with van der Waals surface area (Å²) < 4.78 is 7.73. The lowest BCUT2D eigenvalue weighted by Gasteiger charge is -2.20. The van der Waals surface area contributed by atoms with Gasteiger partial charge in [-0.2, -0.15) is 0 Å². The molecule has 2 heterocycles. The van der Waals surface area contributed by atoms with Gasteiger partial charge in [-0.1, -0.05) is 66.7 Å². The Balaban J connectivity index is 1.29. The number of ketones is 1. The lowest BCUT2D eigenvalue weighted by Crippen LogP contribution is -2.23. The topological polar surface area (TPSA) is 72.4 Å². The number of Topliss-reactive ketones (excluding diaryl/α,β-unsaturated/α-hetero) is 1. The van der Waals surface area contributed by atoms with Crippen LogP contribution in [-0.4, -0.2) is 23.4 Å². The highest BCUT2D eigenvalue weighted by Gasteiger charge is 2.30. The summed E-state index contributed by atoms with van der Waals surface area (Å²) in [7, 11) is 1.53. The zero-order chi connectivity index (χ0) is 26.8. The maximum Gasteiger partial charge on any atom is 0.256 e. The molecule has 1 unspecified atom stereocenters. The summed E-state index contributed by atoms with van der Waals surface area (Å²) in [5, 5.41) is 6.42. The van der Waals surface area contributed by atoms with Crippen LogP contribution in [0, 0.1) is 0 Å². The van der Waals surface area contributed by atoms with Crippen molar-refractivity contribution in [1.29, 1.82) is 0 Å². The van der Waals surface area contributed by atoms with Crippen molar-refractivity contribution in [3.8, 4) is 16.9 Å². The number of anilines is 2. The minimum Gasteiger partial charge on any atom is -0.496 e. The molecule has 0 saturated heterocycles. The van der Waals surface area contributed by atoms with Crippen LogP contribution in [0.1, 0.15) is 38.0 Å². The summed E-state index contributed by atoms with van der Waals surface area (Å²) in [5.74, 6) is 0.0397. The molecule has 1 atom stereocenters. The maximum atomic E-state index is 13.9. The van der Waals surface area contributed by atoms with Gasteiger partial charge in [0.05, 0.1) is 12.7 Å². The van der Waals surface area contributed by atoms with Gasteiger partial charge in [0.15, 0.2) is 5.78 Å². The molecule has 4 aromatic carbocycles. The molecule has 5 aromatic rings. The van der Waals surface area contributed by atoms with Crippen LogP contribution < -0.4 is 15.4 Å². The summed E-state index contributed by atoms with van der Waals surface area (Å²) in [6.45, 7) is 0.682. The van der Waals surface area contributed by atoms with E-state index in [1.54, 1.807) is 24.3 Å². The van der Waals surface area contributed by atoms with Crippen molar-refractivity contribution >= 4 is 23.1 Å². The molecule has 1 aliphatic heterocycles. The number of rotatable bonds is 6. The summed E-state index contributed by atoms with van der Waals surface area (Å²) in [4.78, 5) is 27.2. The molecule has 2 N–H and O–H groups in total. The highest BCUT2D eigenvalue weighted by atomic mass is 16.5. The van der Waals surface area contributed by atoms with Gasteiger partial charge in [0.1, 0.15) is 11.8 Å². The number of carbonyl (C=O) groups excluding carboxylic acids is 2. The molecule has 0 saturated carbocycles. The standard InChI is InChI=1S/C33H27N3O3/c1-39-30-20-24(34-33(38)26-14-7-6-13-25(26)22-10-3-2-4-11-22)17-18-27(30)32(37)31-29-16-9-19-36(29)21-23-12-5-8-15-28(23)35-31/h2-20,31,35H,21H2,1H3,(H,34,38). The maximum absolute atomic E-state index is 13.9. The number of methoxy groups -OCH3 is 1. The van der Waals surface area contributed by atoms with Crippen LogP contribution in [0.15, 0.2) is 115 Å². The number of nitrogens with zero attached hydrogens (tertiary/aromatic N) is 1. The number of hydrogen-bond acceptors (Lipinski definition) is 4. The van der Waals surface area contributed by atoms with Crippen LogP contribution in [0.2, 0.25) is 0 Å². The summed E-state index contributed by atoms with van der Waals surface area (Å²) >= 11 is 0. The first-order valence-corrected chi connectivity index (χ1v) is 12.8. The fourth-order valence-electron chi connectivity index (χ4n) is 5.12. The van der Waals surface area contributed by atoms with E-state index in [1.807, 2.05) is 85.1 Å². The molecule has 1 amide bonds. The highest BCUT2D eigenvalue weighted by Crippen LogP contribution is 2.34. The first kappa shape index (κ1) is 24.2. The predicted octanol–water partition coefficient (Wildman–Crippen LogP) is 6.81. The zero-order valence-corrected chi connectivity index (χ0v) is 21.4. The van der Waals surface area contributed by atoms with Gasteiger partial charge in [0.2, 0.25) is 0 Å². The van der Waals surface area contributed by atoms with E-state index in [0.29, 0.717) is 29.1 Å². The summed E-state index contributed by atoms with van der Waals surface area (Å²) in [6.07, 6.45) is 1.99. The van der Waals surface area contributed by atoms with E-state index in [0.717, 1.165) is 28.1 Å². The van der Waals surface area contributed by atoms with E-state index in [-0.39, 0.29) is 11.7 Å². The number of nitrogens with one attached hydrogen (secondary N) is 2. The van der Waals surface area contributed by atoms with E-state index >= 15 is 0 Å². The van der Waals surface area contributed by atoms with Gasteiger partial charge < -0.3 is 19.9 Å². The lowest BCUT2D eigenvalue weighted by molar-refractivity contribution is 0.0963. The molecule has 6 heteroatoms. The molecule has 6 rings (SSSR count). The van der Waals surface area contributed by atoms with Crippen LogP contribution in [0.25, 0.3) is 11.1 Å². The van der Waals surface area contributed by atoms with Gasteiger partial charge in [-0.05, 0) is 53.1 Å². The Hall–Kier alpha value is -5.10. The zero-order valence-electron chi connectivity index (χ0n) is 21.4. The van der Waals surface area contributed by atoms with E-state index in [9.17, 15) is 9.59 Å². The van der Waals surface area contributed by atoms with Gasteiger partial charge in [0.25, 0.3) is 5.91 Å². The summed E-state index contributed by atoms with van der Waals surface area (Å²) in [5.41, 5.74) is 6.27. The molecule has 0 bridgehead atoms. The number of carbonyl (C=O) groups is 2. The molecule has 6 nitrogen and oxygen atoms in total. The molecule has 1 aliphatic rings. The first-order valence-electron chi connectivity index (χ1n) is 12.8. The van der Waals surface area contributed by atoms with Crippen LogP contribution in [0.5, 0.6) is 5.75 Å². The van der Waals surface area contributed by atoms with E-state index in [4.69, 9.17) is 4.74 Å². The van der Waals surface area contributed by atoms with Crippen molar-refractivity contribution < 1.29 is 14.3 Å². The van der Waals surface area contributed by atoms with Crippen LogP contribution in [0.4, 0.5) is 11.4 Å². The van der Waals surface area contributed by atoms with E-state index in [1.165, 1.54) is 7.11 Å². The van der Waals surface area contributed by atoms with Crippen LogP contribution in [-0.2, 0) is 6.54 Å². The SMILES string of the molecule is COc1cc(NC(=O)c2ccccc2-c2ccccc2)ccc1C(=O)C1Nc2ccccc2Cn2cccc21. The summed E-state index contributed by atoms with van der Waals surface area (Å²) in [6, 6.07) is 33.8. The second kappa shape index (κ2) is 10.3. The van der Waals surface area contributed by atoms with Crippen molar-refractivity contribution in [3.05, 3.63) is 138 Å². The minimum absolute atomic E-state index is 0.115. The van der Waals surface area contributed by atoms with Crippen LogP contribution >= 0.6 is 0 Å². The van der Waals surface area contributed by atoms with Crippen molar-refractivity contribution in [3.63, 3.8) is 0 Å². The number of aromatic nitrogens is 1. The Bertz CT molecular complexity index is 1670. The Morgan fingerprint density at radius 1 is 0.846 bits per heavy atom. The van der Waals surface area contributed by atoms with Crippen molar-refractivity contribution in [1.82, 2.24) is 4.57 Å². The number of fused-ring (bicyclic) bond motifs is 2. The quantitative estimate of drug-likeness (QED) is 0.245. The lowest BCUT2D eigenvalue weighted by atomic mass is 9.98. The Labute approximate surface area is 226 Å². The predicted molar refractivity (Wildman–Crippen MR) is 153 cm³/mol. The normalized spacial score (nSPS) is 13.8. The van der Waals surface area contributed by atoms with Gasteiger partial charge >= 0.3 is 0 Å². The fraction of sp³-hybridized carbons (Fsp3) is 0.0909. The van der Waals surface area contributed by atoms with E-state index < -0.39 is 6.04 Å². The average molecular weight is 514 g/mol. The molecule has 1 aromatic heterocycles. The number of para-hydroxylation sites is 1. The number of benzene rings is 4. The van der Waals surface area contributed by atoms with Crippen molar-refractivity contribution in [2.24, 2.45) is 0 Å². The second-order valence-corrected chi connectivity index (χ2v) is 9.44. The van der Waals surface area contributed by atoms with Gasteiger partial charge in [-0.3, -0.25) is 9.59 Å². The van der Waals surface area contributed by atoms with Gasteiger partial charge in [0, 0.05) is 41.4 Å². The first-order chi connectivity index (χ1) is 19.1. The number of hydrogen-bond donors (Lipinski definition) is 2. The molecule has 0 fully saturated rings. The smallest absolute Gasteiger partial charge is 0.256 e. The molecule has 0 radical (unpaired) electrons. The number of amides is 1. The molecule has 0 aliphatic carbocycles. The van der Waals surface area contributed by atoms with Gasteiger partial charge in [-0.25, -0.2) is 0 Å². The van der Waals surface area contributed by atoms with Crippen molar-refractivity contribution in [2.75, 3.05) is 17.7 Å². The number of ether oxygens (including phenoxy) is 1. The van der Waals surface area contributed by atoms with E-state index in [2.05, 4.69) is 21.3 Å². The molecule has 192 valence electrons. The Kier molecular flexibility index (Phi) is 6.43. The third-order valence-electron chi connectivity index (χ3n) is 7.06. The van der Waals surface area contributed by atoms with Gasteiger partial charge in [-0.15, -0.1) is 0 Å².